The van der Waals surface area contributed by atoms with Crippen molar-refractivity contribution < 1.29 is 0 Å². The Hall–Kier alpha value is -1.36. The van der Waals surface area contributed by atoms with Gasteiger partial charge in [0.25, 0.3) is 0 Å². The van der Waals surface area contributed by atoms with Crippen LogP contribution in [0.4, 0.5) is 5.13 Å². The molecule has 1 aliphatic rings. The Balaban J connectivity index is 2.14. The van der Waals surface area contributed by atoms with Gasteiger partial charge in [-0.3, -0.25) is 4.68 Å². The molecule has 1 saturated carbocycles. The van der Waals surface area contributed by atoms with Gasteiger partial charge in [0.05, 0.1) is 11.4 Å². The van der Waals surface area contributed by atoms with Gasteiger partial charge >= 0.3 is 0 Å². The van der Waals surface area contributed by atoms with Gasteiger partial charge in [0, 0.05) is 23.2 Å². The second-order valence-electron chi connectivity index (χ2n) is 5.42. The first-order valence-corrected chi connectivity index (χ1v) is 7.66. The van der Waals surface area contributed by atoms with Crippen LogP contribution in [0.25, 0.3) is 11.3 Å². The van der Waals surface area contributed by atoms with Gasteiger partial charge in [-0.25, -0.2) is 4.98 Å². The molecule has 0 atom stereocenters. The molecule has 5 heteroatoms. The van der Waals surface area contributed by atoms with Gasteiger partial charge in [0.2, 0.25) is 0 Å². The van der Waals surface area contributed by atoms with E-state index in [4.69, 9.17) is 5.73 Å². The molecular weight excluding hydrogens is 256 g/mol. The highest BCUT2D eigenvalue weighted by molar-refractivity contribution is 7.15. The van der Waals surface area contributed by atoms with Gasteiger partial charge in [-0.2, -0.15) is 5.10 Å². The van der Waals surface area contributed by atoms with E-state index in [-0.39, 0.29) is 0 Å². The molecule has 0 spiro atoms. The van der Waals surface area contributed by atoms with Crippen LogP contribution in [-0.2, 0) is 7.05 Å². The molecule has 2 heterocycles. The zero-order chi connectivity index (χ0) is 13.6. The SMILES string of the molecule is Cc1nn(C)c(C)c1-c1nc(N)sc1C1CCCC1. The molecule has 2 aromatic rings. The van der Waals surface area contributed by atoms with Crippen molar-refractivity contribution in [3.05, 3.63) is 16.3 Å². The lowest BCUT2D eigenvalue weighted by Gasteiger charge is -2.09. The largest absolute Gasteiger partial charge is 0.375 e. The van der Waals surface area contributed by atoms with E-state index >= 15 is 0 Å². The van der Waals surface area contributed by atoms with E-state index in [0.717, 1.165) is 11.4 Å². The van der Waals surface area contributed by atoms with Crippen molar-refractivity contribution in [3.8, 4) is 11.3 Å². The summed E-state index contributed by atoms with van der Waals surface area (Å²) in [6, 6.07) is 0. The Bertz CT molecular complexity index is 605. The van der Waals surface area contributed by atoms with Crippen LogP contribution in [-0.4, -0.2) is 14.8 Å². The van der Waals surface area contributed by atoms with Crippen LogP contribution in [0.5, 0.6) is 0 Å². The second kappa shape index (κ2) is 4.63. The number of aromatic nitrogens is 3. The van der Waals surface area contributed by atoms with Crippen molar-refractivity contribution in [1.82, 2.24) is 14.8 Å². The number of rotatable bonds is 2. The predicted octanol–water partition coefficient (Wildman–Crippen LogP) is 3.40. The van der Waals surface area contributed by atoms with Crippen molar-refractivity contribution in [1.29, 1.82) is 0 Å². The van der Waals surface area contributed by atoms with Gasteiger partial charge in [0.1, 0.15) is 0 Å². The Morgan fingerprint density at radius 2 is 1.95 bits per heavy atom. The van der Waals surface area contributed by atoms with E-state index in [1.165, 1.54) is 41.8 Å². The van der Waals surface area contributed by atoms with Gasteiger partial charge in [-0.1, -0.05) is 12.8 Å². The fourth-order valence-electron chi connectivity index (χ4n) is 3.11. The summed E-state index contributed by atoms with van der Waals surface area (Å²) < 4.78 is 1.93. The third kappa shape index (κ3) is 2.06. The Kier molecular flexibility index (Phi) is 3.09. The van der Waals surface area contributed by atoms with Crippen molar-refractivity contribution >= 4 is 16.5 Å². The number of thiazole rings is 1. The number of hydrogen-bond donors (Lipinski definition) is 1. The Morgan fingerprint density at radius 3 is 2.53 bits per heavy atom. The fraction of sp³-hybridized carbons (Fsp3) is 0.571. The first-order chi connectivity index (χ1) is 9.08. The zero-order valence-electron chi connectivity index (χ0n) is 11.7. The average Bonchev–Trinajstić information content (AvgIpc) is 3.02. The van der Waals surface area contributed by atoms with Crippen molar-refractivity contribution in [2.45, 2.75) is 45.4 Å². The lowest BCUT2D eigenvalue weighted by molar-refractivity contribution is 0.730. The number of nitrogens with zero attached hydrogens (tertiary/aromatic N) is 3. The average molecular weight is 276 g/mol. The molecule has 4 nitrogen and oxygen atoms in total. The quantitative estimate of drug-likeness (QED) is 0.914. The molecule has 0 radical (unpaired) electrons. The lowest BCUT2D eigenvalue weighted by Crippen LogP contribution is -1.95. The summed E-state index contributed by atoms with van der Waals surface area (Å²) in [7, 11) is 1.98. The third-order valence-corrected chi connectivity index (χ3v) is 5.19. The monoisotopic (exact) mass is 276 g/mol. The van der Waals surface area contributed by atoms with Crippen LogP contribution in [0.15, 0.2) is 0 Å². The van der Waals surface area contributed by atoms with Crippen LogP contribution in [0, 0.1) is 13.8 Å². The van der Waals surface area contributed by atoms with E-state index in [9.17, 15) is 0 Å². The lowest BCUT2D eigenvalue weighted by atomic mass is 10.00. The molecule has 3 rings (SSSR count). The molecule has 2 aromatic heterocycles. The minimum absolute atomic E-state index is 0.642. The topological polar surface area (TPSA) is 56.7 Å². The fourth-order valence-corrected chi connectivity index (χ4v) is 4.12. The van der Waals surface area contributed by atoms with Gasteiger partial charge in [-0.05, 0) is 32.6 Å². The molecule has 0 amide bonds. The summed E-state index contributed by atoms with van der Waals surface area (Å²) in [5.74, 6) is 0.642. The standard InChI is InChI=1S/C14H20N4S/c1-8-11(9(2)18(3)17-8)12-13(19-14(15)16-12)10-6-4-5-7-10/h10H,4-7H2,1-3H3,(H2,15,16). The maximum Gasteiger partial charge on any atom is 0.180 e. The Labute approximate surface area is 117 Å². The minimum atomic E-state index is 0.642. The summed E-state index contributed by atoms with van der Waals surface area (Å²) in [6.07, 6.45) is 5.19. The molecule has 0 unspecified atom stereocenters. The molecular formula is C14H20N4S. The van der Waals surface area contributed by atoms with Gasteiger partial charge in [-0.15, -0.1) is 11.3 Å². The summed E-state index contributed by atoms with van der Waals surface area (Å²) in [4.78, 5) is 5.97. The summed E-state index contributed by atoms with van der Waals surface area (Å²) in [6.45, 7) is 4.15. The summed E-state index contributed by atoms with van der Waals surface area (Å²) in [5, 5.41) is 5.18. The predicted molar refractivity (Wildman–Crippen MR) is 79.4 cm³/mol. The van der Waals surface area contributed by atoms with E-state index < -0.39 is 0 Å². The first-order valence-electron chi connectivity index (χ1n) is 6.84. The molecule has 0 aliphatic heterocycles. The van der Waals surface area contributed by atoms with Crippen molar-refractivity contribution in [2.24, 2.45) is 7.05 Å². The smallest absolute Gasteiger partial charge is 0.180 e. The van der Waals surface area contributed by atoms with Gasteiger partial charge < -0.3 is 5.73 Å². The molecule has 0 saturated heterocycles. The van der Waals surface area contributed by atoms with Crippen LogP contribution in [0.3, 0.4) is 0 Å². The molecule has 1 fully saturated rings. The maximum atomic E-state index is 5.97. The number of nitrogens with two attached hydrogens (primary N) is 1. The maximum absolute atomic E-state index is 5.97. The van der Waals surface area contributed by atoms with E-state index in [1.807, 2.05) is 11.7 Å². The second-order valence-corrected chi connectivity index (χ2v) is 6.48. The van der Waals surface area contributed by atoms with E-state index in [0.29, 0.717) is 11.0 Å². The zero-order valence-corrected chi connectivity index (χ0v) is 12.5. The number of hydrogen-bond acceptors (Lipinski definition) is 4. The highest BCUT2D eigenvalue weighted by atomic mass is 32.1. The van der Waals surface area contributed by atoms with Crippen molar-refractivity contribution in [2.75, 3.05) is 5.73 Å². The first kappa shape index (κ1) is 12.7. The number of nitrogen functional groups attached to an aromatic ring is 1. The van der Waals surface area contributed by atoms with E-state index in [2.05, 4.69) is 23.9 Å². The van der Waals surface area contributed by atoms with Crippen molar-refractivity contribution in [3.63, 3.8) is 0 Å². The molecule has 0 bridgehead atoms. The summed E-state index contributed by atoms with van der Waals surface area (Å²) >= 11 is 1.66. The van der Waals surface area contributed by atoms with Gasteiger partial charge in [0.15, 0.2) is 5.13 Å². The normalized spacial score (nSPS) is 16.4. The Morgan fingerprint density at radius 1 is 1.26 bits per heavy atom. The summed E-state index contributed by atoms with van der Waals surface area (Å²) in [5.41, 5.74) is 10.4. The molecule has 19 heavy (non-hydrogen) atoms. The minimum Gasteiger partial charge on any atom is -0.375 e. The van der Waals surface area contributed by atoms with Crippen LogP contribution in [0.2, 0.25) is 0 Å². The van der Waals surface area contributed by atoms with Crippen LogP contribution >= 0.6 is 11.3 Å². The molecule has 2 N–H and O–H groups in total. The number of aryl methyl sites for hydroxylation is 2. The highest BCUT2D eigenvalue weighted by Crippen LogP contribution is 2.44. The molecule has 102 valence electrons. The van der Waals surface area contributed by atoms with Crippen LogP contribution in [0.1, 0.15) is 47.9 Å². The third-order valence-electron chi connectivity index (χ3n) is 4.14. The van der Waals surface area contributed by atoms with E-state index in [1.54, 1.807) is 11.3 Å². The van der Waals surface area contributed by atoms with Crippen LogP contribution < -0.4 is 5.73 Å². The molecule has 0 aromatic carbocycles. The number of anilines is 1. The molecule has 1 aliphatic carbocycles. The highest BCUT2D eigenvalue weighted by Gasteiger charge is 2.26.